The Balaban J connectivity index is 2.85. The van der Waals surface area contributed by atoms with Gasteiger partial charge in [0.1, 0.15) is 5.75 Å². The highest BCUT2D eigenvalue weighted by Crippen LogP contribution is 2.30. The van der Waals surface area contributed by atoms with Gasteiger partial charge in [0.15, 0.2) is 0 Å². The van der Waals surface area contributed by atoms with Crippen LogP contribution in [0.15, 0.2) is 12.1 Å². The molecule has 15 heavy (non-hydrogen) atoms. The van der Waals surface area contributed by atoms with Crippen LogP contribution in [0.2, 0.25) is 10.0 Å². The number of benzene rings is 1. The zero-order valence-electron chi connectivity index (χ0n) is 9.10. The van der Waals surface area contributed by atoms with E-state index < -0.39 is 0 Å². The van der Waals surface area contributed by atoms with Crippen LogP contribution in [0.1, 0.15) is 19.4 Å². The molecular weight excluding hydrogens is 233 g/mol. The molecule has 1 aromatic carbocycles. The number of hydrogen-bond donors (Lipinski definition) is 1. The molecule has 0 amide bonds. The van der Waals surface area contributed by atoms with Crippen molar-refractivity contribution in [3.8, 4) is 5.75 Å². The molecule has 0 unspecified atom stereocenters. The standard InChI is InChI=1S/C11H15Cl2NO/c1-7(2)14-6-8-4-10(13)11(15-3)5-9(8)12/h4-5,7,14H,6H2,1-3H3. The van der Waals surface area contributed by atoms with Gasteiger partial charge in [-0.25, -0.2) is 0 Å². The summed E-state index contributed by atoms with van der Waals surface area (Å²) < 4.78 is 5.07. The SMILES string of the molecule is COc1cc(Cl)c(CNC(C)C)cc1Cl. The second-order valence-corrected chi connectivity index (χ2v) is 4.43. The molecule has 0 bridgehead atoms. The molecule has 0 saturated carbocycles. The Labute approximate surface area is 101 Å². The first-order chi connectivity index (χ1) is 7.04. The summed E-state index contributed by atoms with van der Waals surface area (Å²) in [6.45, 7) is 4.87. The number of methoxy groups -OCH3 is 1. The number of halogens is 2. The van der Waals surface area contributed by atoms with Gasteiger partial charge in [0, 0.05) is 23.7 Å². The van der Waals surface area contributed by atoms with Crippen molar-refractivity contribution in [2.45, 2.75) is 26.4 Å². The first kappa shape index (κ1) is 12.6. The summed E-state index contributed by atoms with van der Waals surface area (Å²) in [6.07, 6.45) is 0. The number of rotatable bonds is 4. The van der Waals surface area contributed by atoms with Crippen LogP contribution >= 0.6 is 23.2 Å². The smallest absolute Gasteiger partial charge is 0.138 e. The van der Waals surface area contributed by atoms with Gasteiger partial charge >= 0.3 is 0 Å². The van der Waals surface area contributed by atoms with E-state index in [1.807, 2.05) is 6.07 Å². The summed E-state index contributed by atoms with van der Waals surface area (Å²) >= 11 is 12.1. The Morgan fingerprint density at radius 1 is 1.27 bits per heavy atom. The molecule has 84 valence electrons. The van der Waals surface area contributed by atoms with Crippen molar-refractivity contribution in [2.24, 2.45) is 0 Å². The van der Waals surface area contributed by atoms with Gasteiger partial charge in [0.25, 0.3) is 0 Å². The number of nitrogens with one attached hydrogen (secondary N) is 1. The molecule has 1 aromatic rings. The first-order valence-corrected chi connectivity index (χ1v) is 5.55. The van der Waals surface area contributed by atoms with Gasteiger partial charge < -0.3 is 10.1 Å². The third-order valence-corrected chi connectivity index (χ3v) is 2.67. The highest BCUT2D eigenvalue weighted by molar-refractivity contribution is 6.34. The minimum Gasteiger partial charge on any atom is -0.495 e. The van der Waals surface area contributed by atoms with Gasteiger partial charge in [0.05, 0.1) is 12.1 Å². The van der Waals surface area contributed by atoms with Crippen LogP contribution in [0.3, 0.4) is 0 Å². The molecule has 1 N–H and O–H groups in total. The lowest BCUT2D eigenvalue weighted by atomic mass is 10.2. The predicted octanol–water partition coefficient (Wildman–Crippen LogP) is 3.50. The van der Waals surface area contributed by atoms with Crippen LogP contribution < -0.4 is 10.1 Å². The molecule has 0 aliphatic rings. The van der Waals surface area contributed by atoms with Crippen LogP contribution in [0.5, 0.6) is 5.75 Å². The lowest BCUT2D eigenvalue weighted by Gasteiger charge is -2.11. The Kier molecular flexibility index (Phi) is 4.71. The fraction of sp³-hybridized carbons (Fsp3) is 0.455. The summed E-state index contributed by atoms with van der Waals surface area (Å²) in [5.41, 5.74) is 0.983. The second kappa shape index (κ2) is 5.59. The van der Waals surface area contributed by atoms with Gasteiger partial charge in [0.2, 0.25) is 0 Å². The van der Waals surface area contributed by atoms with Crippen molar-refractivity contribution in [1.82, 2.24) is 5.32 Å². The third-order valence-electron chi connectivity index (χ3n) is 2.02. The molecule has 0 aliphatic heterocycles. The zero-order valence-corrected chi connectivity index (χ0v) is 10.6. The molecule has 0 aromatic heterocycles. The molecule has 0 heterocycles. The van der Waals surface area contributed by atoms with E-state index in [-0.39, 0.29) is 0 Å². The molecule has 0 saturated heterocycles. The minimum absolute atomic E-state index is 0.418. The van der Waals surface area contributed by atoms with Gasteiger partial charge in [-0.15, -0.1) is 0 Å². The van der Waals surface area contributed by atoms with E-state index in [1.165, 1.54) is 0 Å². The number of ether oxygens (including phenoxy) is 1. The van der Waals surface area contributed by atoms with E-state index in [2.05, 4.69) is 19.2 Å². The van der Waals surface area contributed by atoms with E-state index >= 15 is 0 Å². The molecule has 0 fully saturated rings. The fourth-order valence-electron chi connectivity index (χ4n) is 1.18. The predicted molar refractivity (Wildman–Crippen MR) is 65.0 cm³/mol. The van der Waals surface area contributed by atoms with E-state index in [0.717, 1.165) is 5.56 Å². The largest absolute Gasteiger partial charge is 0.495 e. The summed E-state index contributed by atoms with van der Waals surface area (Å²) in [5, 5.41) is 4.54. The minimum atomic E-state index is 0.418. The highest BCUT2D eigenvalue weighted by atomic mass is 35.5. The molecule has 0 radical (unpaired) electrons. The molecular formula is C11H15Cl2NO. The van der Waals surface area contributed by atoms with Gasteiger partial charge in [-0.3, -0.25) is 0 Å². The maximum Gasteiger partial charge on any atom is 0.138 e. The fourth-order valence-corrected chi connectivity index (χ4v) is 1.66. The summed E-state index contributed by atoms with van der Waals surface area (Å²) in [4.78, 5) is 0. The molecule has 0 spiro atoms. The quantitative estimate of drug-likeness (QED) is 0.880. The van der Waals surface area contributed by atoms with Crippen molar-refractivity contribution in [3.05, 3.63) is 27.7 Å². The first-order valence-electron chi connectivity index (χ1n) is 4.80. The zero-order chi connectivity index (χ0) is 11.4. The van der Waals surface area contributed by atoms with Crippen molar-refractivity contribution < 1.29 is 4.74 Å². The third kappa shape index (κ3) is 3.56. The Morgan fingerprint density at radius 3 is 2.47 bits per heavy atom. The monoisotopic (exact) mass is 247 g/mol. The molecule has 4 heteroatoms. The van der Waals surface area contributed by atoms with Gasteiger partial charge in [-0.2, -0.15) is 0 Å². The van der Waals surface area contributed by atoms with E-state index in [1.54, 1.807) is 13.2 Å². The Hall–Kier alpha value is -0.440. The van der Waals surface area contributed by atoms with Crippen molar-refractivity contribution >= 4 is 23.2 Å². The molecule has 1 rings (SSSR count). The lowest BCUT2D eigenvalue weighted by Crippen LogP contribution is -2.21. The van der Waals surface area contributed by atoms with Crippen LogP contribution in [-0.4, -0.2) is 13.2 Å². The van der Waals surface area contributed by atoms with Crippen LogP contribution in [0, 0.1) is 0 Å². The summed E-state index contributed by atoms with van der Waals surface area (Å²) in [6, 6.07) is 3.99. The summed E-state index contributed by atoms with van der Waals surface area (Å²) in [7, 11) is 1.57. The molecule has 2 nitrogen and oxygen atoms in total. The maximum absolute atomic E-state index is 6.08. The Morgan fingerprint density at radius 2 is 1.93 bits per heavy atom. The van der Waals surface area contributed by atoms with E-state index in [0.29, 0.717) is 28.4 Å². The van der Waals surface area contributed by atoms with Crippen molar-refractivity contribution in [3.63, 3.8) is 0 Å². The van der Waals surface area contributed by atoms with Crippen molar-refractivity contribution in [1.29, 1.82) is 0 Å². The summed E-state index contributed by atoms with van der Waals surface area (Å²) in [5.74, 6) is 0.606. The average molecular weight is 248 g/mol. The van der Waals surface area contributed by atoms with Crippen molar-refractivity contribution in [2.75, 3.05) is 7.11 Å². The normalized spacial score (nSPS) is 10.8. The lowest BCUT2D eigenvalue weighted by molar-refractivity contribution is 0.415. The molecule has 0 atom stereocenters. The van der Waals surface area contributed by atoms with Crippen LogP contribution in [0.25, 0.3) is 0 Å². The average Bonchev–Trinajstić information content (AvgIpc) is 2.18. The van der Waals surface area contributed by atoms with E-state index in [4.69, 9.17) is 27.9 Å². The topological polar surface area (TPSA) is 21.3 Å². The van der Waals surface area contributed by atoms with Crippen LogP contribution in [0.4, 0.5) is 0 Å². The molecule has 0 aliphatic carbocycles. The van der Waals surface area contributed by atoms with Gasteiger partial charge in [-0.05, 0) is 11.6 Å². The number of hydrogen-bond acceptors (Lipinski definition) is 2. The Bertz CT molecular complexity index is 340. The van der Waals surface area contributed by atoms with E-state index in [9.17, 15) is 0 Å². The van der Waals surface area contributed by atoms with Gasteiger partial charge in [-0.1, -0.05) is 37.0 Å². The second-order valence-electron chi connectivity index (χ2n) is 3.61. The van der Waals surface area contributed by atoms with Crippen LogP contribution in [-0.2, 0) is 6.54 Å². The highest BCUT2D eigenvalue weighted by Gasteiger charge is 2.07. The maximum atomic E-state index is 6.08.